The fourth-order valence-corrected chi connectivity index (χ4v) is 2.19. The molecule has 0 fully saturated rings. The molecular formula is C15H13N3O2. The molecule has 0 aliphatic rings. The zero-order valence-electron chi connectivity index (χ0n) is 10.9. The van der Waals surface area contributed by atoms with Gasteiger partial charge in [-0.3, -0.25) is 4.79 Å². The topological polar surface area (TPSA) is 80.9 Å². The highest BCUT2D eigenvalue weighted by Crippen LogP contribution is 2.19. The summed E-state index contributed by atoms with van der Waals surface area (Å²) in [5, 5.41) is 0. The standard InChI is InChI=1S/C15H13N3O2/c1-9-7-13-12(8-11(9)16)17-15(20)18(13)14(19)10-5-3-2-4-6-10/h2-8H,16H2,1H3,(H,17,20). The van der Waals surface area contributed by atoms with Gasteiger partial charge < -0.3 is 10.7 Å². The average molecular weight is 267 g/mol. The Bertz CT molecular complexity index is 860. The van der Waals surface area contributed by atoms with E-state index < -0.39 is 5.69 Å². The van der Waals surface area contributed by atoms with Gasteiger partial charge in [0, 0.05) is 11.3 Å². The van der Waals surface area contributed by atoms with Crippen molar-refractivity contribution < 1.29 is 4.79 Å². The molecule has 1 heterocycles. The van der Waals surface area contributed by atoms with E-state index in [1.165, 1.54) is 0 Å². The molecular weight excluding hydrogens is 254 g/mol. The first kappa shape index (κ1) is 12.2. The molecule has 0 radical (unpaired) electrons. The normalized spacial score (nSPS) is 10.8. The molecule has 0 unspecified atom stereocenters. The van der Waals surface area contributed by atoms with Crippen molar-refractivity contribution in [2.75, 3.05) is 5.73 Å². The van der Waals surface area contributed by atoms with Gasteiger partial charge in [-0.2, -0.15) is 0 Å². The highest BCUT2D eigenvalue weighted by atomic mass is 16.2. The van der Waals surface area contributed by atoms with Gasteiger partial charge in [0.15, 0.2) is 0 Å². The quantitative estimate of drug-likeness (QED) is 0.661. The molecule has 0 amide bonds. The first-order valence-corrected chi connectivity index (χ1v) is 6.18. The lowest BCUT2D eigenvalue weighted by Crippen LogP contribution is -2.24. The molecule has 20 heavy (non-hydrogen) atoms. The Hall–Kier alpha value is -2.82. The van der Waals surface area contributed by atoms with E-state index in [0.29, 0.717) is 22.3 Å². The Labute approximate surface area is 114 Å². The van der Waals surface area contributed by atoms with Crippen molar-refractivity contribution in [1.29, 1.82) is 0 Å². The van der Waals surface area contributed by atoms with Gasteiger partial charge >= 0.3 is 5.69 Å². The molecule has 100 valence electrons. The van der Waals surface area contributed by atoms with E-state index in [-0.39, 0.29) is 5.91 Å². The van der Waals surface area contributed by atoms with E-state index >= 15 is 0 Å². The number of anilines is 1. The molecule has 3 rings (SSSR count). The summed E-state index contributed by atoms with van der Waals surface area (Å²) in [7, 11) is 0. The molecule has 2 aromatic carbocycles. The third-order valence-corrected chi connectivity index (χ3v) is 3.29. The van der Waals surface area contributed by atoms with Gasteiger partial charge in [0.25, 0.3) is 5.91 Å². The number of fused-ring (bicyclic) bond motifs is 1. The summed E-state index contributed by atoms with van der Waals surface area (Å²) in [5.74, 6) is -0.356. The molecule has 0 aliphatic carbocycles. The minimum absolute atomic E-state index is 0.356. The third kappa shape index (κ3) is 1.80. The molecule has 0 aliphatic heterocycles. The summed E-state index contributed by atoms with van der Waals surface area (Å²) < 4.78 is 1.14. The number of nitrogens with one attached hydrogen (secondary N) is 1. The number of nitrogens with two attached hydrogens (primary N) is 1. The maximum Gasteiger partial charge on any atom is 0.333 e. The second-order valence-corrected chi connectivity index (χ2v) is 4.66. The van der Waals surface area contributed by atoms with Crippen LogP contribution in [0, 0.1) is 6.92 Å². The number of rotatable bonds is 1. The van der Waals surface area contributed by atoms with Crippen LogP contribution in [-0.2, 0) is 0 Å². The molecule has 3 aromatic rings. The third-order valence-electron chi connectivity index (χ3n) is 3.29. The summed E-state index contributed by atoms with van der Waals surface area (Å²) in [6.07, 6.45) is 0. The van der Waals surface area contributed by atoms with Gasteiger partial charge in [0.05, 0.1) is 11.0 Å². The number of hydrogen-bond acceptors (Lipinski definition) is 3. The number of imidazole rings is 1. The zero-order chi connectivity index (χ0) is 14.3. The number of hydrogen-bond donors (Lipinski definition) is 2. The number of carbonyl (C=O) groups is 1. The van der Waals surface area contributed by atoms with Crippen LogP contribution < -0.4 is 11.4 Å². The second kappa shape index (κ2) is 4.38. The summed E-state index contributed by atoms with van der Waals surface area (Å²) in [6, 6.07) is 12.1. The van der Waals surface area contributed by atoms with E-state index in [1.54, 1.807) is 36.4 Å². The van der Waals surface area contributed by atoms with Gasteiger partial charge in [-0.05, 0) is 36.8 Å². The Kier molecular flexibility index (Phi) is 2.68. The van der Waals surface area contributed by atoms with E-state index in [4.69, 9.17) is 5.73 Å². The predicted octanol–water partition coefficient (Wildman–Crippen LogP) is 1.91. The Balaban J connectivity index is 2.27. The minimum atomic E-state index is -0.459. The molecule has 0 saturated heterocycles. The average Bonchev–Trinajstić information content (AvgIpc) is 2.75. The van der Waals surface area contributed by atoms with Crippen molar-refractivity contribution in [2.24, 2.45) is 0 Å². The lowest BCUT2D eigenvalue weighted by atomic mass is 10.1. The van der Waals surface area contributed by atoms with Crippen molar-refractivity contribution in [2.45, 2.75) is 6.92 Å². The first-order valence-electron chi connectivity index (χ1n) is 6.18. The molecule has 1 aromatic heterocycles. The van der Waals surface area contributed by atoms with Crippen LogP contribution in [0.2, 0.25) is 0 Å². The predicted molar refractivity (Wildman–Crippen MR) is 77.9 cm³/mol. The van der Waals surface area contributed by atoms with Crippen molar-refractivity contribution in [3.63, 3.8) is 0 Å². The summed E-state index contributed by atoms with van der Waals surface area (Å²) in [6.45, 7) is 1.84. The maximum atomic E-state index is 12.5. The van der Waals surface area contributed by atoms with E-state index in [1.807, 2.05) is 13.0 Å². The van der Waals surface area contributed by atoms with Gasteiger partial charge in [-0.15, -0.1) is 0 Å². The summed E-state index contributed by atoms with van der Waals surface area (Å²) in [4.78, 5) is 27.1. The molecule has 5 nitrogen and oxygen atoms in total. The van der Waals surface area contributed by atoms with Crippen LogP contribution in [0.3, 0.4) is 0 Å². The van der Waals surface area contributed by atoms with Crippen LogP contribution in [0.4, 0.5) is 5.69 Å². The summed E-state index contributed by atoms with van der Waals surface area (Å²) in [5.41, 5.74) is 8.32. The van der Waals surface area contributed by atoms with Crippen molar-refractivity contribution in [3.8, 4) is 0 Å². The molecule has 0 saturated carbocycles. The van der Waals surface area contributed by atoms with Gasteiger partial charge in [0.1, 0.15) is 0 Å². The van der Waals surface area contributed by atoms with E-state index in [9.17, 15) is 9.59 Å². The number of aromatic amines is 1. The highest BCUT2D eigenvalue weighted by molar-refractivity contribution is 6.01. The monoisotopic (exact) mass is 267 g/mol. The number of aryl methyl sites for hydroxylation is 1. The molecule has 0 spiro atoms. The smallest absolute Gasteiger partial charge is 0.333 e. The fourth-order valence-electron chi connectivity index (χ4n) is 2.19. The van der Waals surface area contributed by atoms with Crippen molar-refractivity contribution in [1.82, 2.24) is 9.55 Å². The Morgan fingerprint density at radius 3 is 2.60 bits per heavy atom. The second-order valence-electron chi connectivity index (χ2n) is 4.66. The Morgan fingerprint density at radius 2 is 1.90 bits per heavy atom. The van der Waals surface area contributed by atoms with Crippen LogP contribution in [0.15, 0.2) is 47.3 Å². The lowest BCUT2D eigenvalue weighted by Gasteiger charge is -2.04. The van der Waals surface area contributed by atoms with Crippen molar-refractivity contribution in [3.05, 3.63) is 64.1 Å². The SMILES string of the molecule is Cc1cc2c(cc1N)[nH]c(=O)n2C(=O)c1ccccc1. The number of benzene rings is 2. The first-order chi connectivity index (χ1) is 9.58. The number of H-pyrrole nitrogens is 1. The number of nitrogens with zero attached hydrogens (tertiary/aromatic N) is 1. The summed E-state index contributed by atoms with van der Waals surface area (Å²) >= 11 is 0. The van der Waals surface area contributed by atoms with Crippen LogP contribution in [0.5, 0.6) is 0 Å². The molecule has 0 bridgehead atoms. The molecule has 5 heteroatoms. The minimum Gasteiger partial charge on any atom is -0.398 e. The maximum absolute atomic E-state index is 12.5. The fraction of sp³-hybridized carbons (Fsp3) is 0.0667. The Morgan fingerprint density at radius 1 is 1.20 bits per heavy atom. The van der Waals surface area contributed by atoms with Gasteiger partial charge in [-0.1, -0.05) is 18.2 Å². The van der Waals surface area contributed by atoms with Gasteiger partial charge in [0.2, 0.25) is 0 Å². The van der Waals surface area contributed by atoms with Crippen LogP contribution in [0.25, 0.3) is 11.0 Å². The molecule has 3 N–H and O–H groups in total. The number of nitrogen functional groups attached to an aromatic ring is 1. The highest BCUT2D eigenvalue weighted by Gasteiger charge is 2.16. The molecule has 0 atom stereocenters. The number of aromatic nitrogens is 2. The number of carbonyl (C=O) groups excluding carboxylic acids is 1. The van der Waals surface area contributed by atoms with E-state index in [0.717, 1.165) is 10.1 Å². The van der Waals surface area contributed by atoms with Crippen molar-refractivity contribution >= 4 is 22.6 Å². The zero-order valence-corrected chi connectivity index (χ0v) is 10.9. The van der Waals surface area contributed by atoms with Crippen LogP contribution in [0.1, 0.15) is 15.9 Å². The van der Waals surface area contributed by atoms with Crippen LogP contribution >= 0.6 is 0 Å². The van der Waals surface area contributed by atoms with E-state index in [2.05, 4.69) is 4.98 Å². The van der Waals surface area contributed by atoms with Gasteiger partial charge in [-0.25, -0.2) is 9.36 Å². The lowest BCUT2D eigenvalue weighted by molar-refractivity contribution is 0.0961. The van der Waals surface area contributed by atoms with Crippen LogP contribution in [-0.4, -0.2) is 15.5 Å². The largest absolute Gasteiger partial charge is 0.398 e.